The molecule has 19 heteroatoms. The second-order valence-electron chi connectivity index (χ2n) is 31.6. The van der Waals surface area contributed by atoms with Crippen LogP contribution in [0.25, 0.3) is 0 Å². The summed E-state index contributed by atoms with van der Waals surface area (Å²) in [6, 6.07) is 0. The van der Waals surface area contributed by atoms with Gasteiger partial charge in [-0.1, -0.05) is 389 Å². The highest BCUT2D eigenvalue weighted by atomic mass is 31.2. The number of rotatable bonds is 82. The van der Waals surface area contributed by atoms with Gasteiger partial charge < -0.3 is 33.8 Å². The summed E-state index contributed by atoms with van der Waals surface area (Å²) >= 11 is 0. The summed E-state index contributed by atoms with van der Waals surface area (Å²) in [5.41, 5.74) is 0. The Balaban J connectivity index is 5.23. The van der Waals surface area contributed by atoms with Crippen LogP contribution < -0.4 is 0 Å². The van der Waals surface area contributed by atoms with Crippen molar-refractivity contribution in [3.05, 3.63) is 0 Å². The Hall–Kier alpha value is -1.94. The number of aliphatic hydroxyl groups excluding tert-OH is 1. The van der Waals surface area contributed by atoms with Gasteiger partial charge in [0.2, 0.25) is 0 Å². The molecule has 0 bridgehead atoms. The Labute approximate surface area is 632 Å². The van der Waals surface area contributed by atoms with Gasteiger partial charge in [0, 0.05) is 25.7 Å². The van der Waals surface area contributed by atoms with Gasteiger partial charge in [-0.3, -0.25) is 37.3 Å². The number of unbranched alkanes of at least 4 members (excludes halogenated alkanes) is 50. The number of carbonyl (C=O) groups is 4. The van der Waals surface area contributed by atoms with Crippen LogP contribution in [0.3, 0.4) is 0 Å². The van der Waals surface area contributed by atoms with Crippen LogP contribution in [0.15, 0.2) is 0 Å². The van der Waals surface area contributed by atoms with Gasteiger partial charge in [-0.25, -0.2) is 9.13 Å². The van der Waals surface area contributed by atoms with Crippen LogP contribution in [-0.2, 0) is 65.4 Å². The first kappa shape index (κ1) is 101. The van der Waals surface area contributed by atoms with Crippen molar-refractivity contribution in [3.8, 4) is 0 Å². The highest BCUT2D eigenvalue weighted by molar-refractivity contribution is 7.47. The molecule has 17 nitrogen and oxygen atoms in total. The number of phosphoric acid groups is 2. The van der Waals surface area contributed by atoms with Crippen molar-refractivity contribution < 1.29 is 80.2 Å². The molecule has 0 rings (SSSR count). The van der Waals surface area contributed by atoms with Crippen LogP contribution in [-0.4, -0.2) is 96.7 Å². The minimum Gasteiger partial charge on any atom is -0.462 e. The molecule has 0 spiro atoms. The lowest BCUT2D eigenvalue weighted by Crippen LogP contribution is -2.30. The summed E-state index contributed by atoms with van der Waals surface area (Å²) in [5, 5.41) is 10.7. The molecular formula is C84H164O17P2. The highest BCUT2D eigenvalue weighted by Crippen LogP contribution is 2.45. The molecule has 0 heterocycles. The smallest absolute Gasteiger partial charge is 0.462 e. The molecule has 5 atom stereocenters. The maximum absolute atomic E-state index is 13.1. The van der Waals surface area contributed by atoms with E-state index in [1.807, 2.05) is 0 Å². The first-order valence-corrected chi connectivity index (χ1v) is 46.3. The maximum atomic E-state index is 13.1. The SMILES string of the molecule is CCCCCCCCCCCCC(=O)OC[C@H](COP(=O)(O)OC[C@H](O)COP(=O)(O)OC[C@@H](COC(=O)CCCCCCCCCCCCCCCCC(C)C)OC(=O)CCCCCCCCCCCCCCCCCCCCC(C)C)OC(=O)CCCCCCCCCCCCCCC(C)C. The summed E-state index contributed by atoms with van der Waals surface area (Å²) in [5.74, 6) is 0.290. The fourth-order valence-electron chi connectivity index (χ4n) is 13.0. The van der Waals surface area contributed by atoms with Crippen LogP contribution in [0.4, 0.5) is 0 Å². The average Bonchev–Trinajstić information content (AvgIpc) is 0.908. The van der Waals surface area contributed by atoms with E-state index in [1.54, 1.807) is 0 Å². The maximum Gasteiger partial charge on any atom is 0.472 e. The molecule has 612 valence electrons. The third kappa shape index (κ3) is 78.0. The summed E-state index contributed by atoms with van der Waals surface area (Å²) in [6.45, 7) is 12.0. The molecule has 0 radical (unpaired) electrons. The zero-order chi connectivity index (χ0) is 75.8. The molecule has 103 heavy (non-hydrogen) atoms. The molecule has 0 saturated carbocycles. The minimum absolute atomic E-state index is 0.107. The van der Waals surface area contributed by atoms with Crippen LogP contribution in [0.5, 0.6) is 0 Å². The topological polar surface area (TPSA) is 237 Å². The molecule has 0 aromatic carbocycles. The van der Waals surface area contributed by atoms with Crippen molar-refractivity contribution >= 4 is 39.5 Å². The quantitative estimate of drug-likeness (QED) is 0.0222. The molecule has 0 amide bonds. The van der Waals surface area contributed by atoms with E-state index < -0.39 is 97.5 Å². The highest BCUT2D eigenvalue weighted by Gasteiger charge is 2.30. The van der Waals surface area contributed by atoms with Crippen LogP contribution in [0.1, 0.15) is 440 Å². The van der Waals surface area contributed by atoms with Gasteiger partial charge in [-0.15, -0.1) is 0 Å². The monoisotopic (exact) mass is 1510 g/mol. The molecule has 0 fully saturated rings. The van der Waals surface area contributed by atoms with Crippen molar-refractivity contribution in [2.75, 3.05) is 39.6 Å². The van der Waals surface area contributed by atoms with Crippen LogP contribution >= 0.6 is 15.6 Å². The zero-order valence-corrected chi connectivity index (χ0v) is 69.6. The molecule has 2 unspecified atom stereocenters. The van der Waals surface area contributed by atoms with E-state index >= 15 is 0 Å². The van der Waals surface area contributed by atoms with Gasteiger partial charge in [0.05, 0.1) is 26.4 Å². The molecular weight excluding hydrogens is 1340 g/mol. The number of phosphoric ester groups is 2. The normalized spacial score (nSPS) is 13.9. The molecule has 0 aliphatic rings. The van der Waals surface area contributed by atoms with Gasteiger partial charge in [-0.05, 0) is 43.4 Å². The number of hydrogen-bond acceptors (Lipinski definition) is 15. The molecule has 0 aliphatic carbocycles. The van der Waals surface area contributed by atoms with Crippen molar-refractivity contribution in [1.29, 1.82) is 0 Å². The lowest BCUT2D eigenvalue weighted by molar-refractivity contribution is -0.161. The van der Waals surface area contributed by atoms with Crippen molar-refractivity contribution in [2.45, 2.75) is 458 Å². The first-order valence-electron chi connectivity index (χ1n) is 43.3. The Bertz CT molecular complexity index is 1990. The van der Waals surface area contributed by atoms with Gasteiger partial charge in [0.1, 0.15) is 19.3 Å². The van der Waals surface area contributed by atoms with E-state index in [0.29, 0.717) is 25.7 Å². The summed E-state index contributed by atoms with van der Waals surface area (Å²) < 4.78 is 68.8. The number of ether oxygens (including phenoxy) is 4. The van der Waals surface area contributed by atoms with Gasteiger partial charge in [0.15, 0.2) is 12.2 Å². The molecule has 0 aromatic rings. The van der Waals surface area contributed by atoms with E-state index in [1.165, 1.54) is 250 Å². The number of esters is 4. The standard InChI is InChI=1S/C84H164O17P2/c1-8-9-10-11-12-13-37-44-51-58-65-81(86)94-71-79(100-84(89)68-61-54-47-40-33-27-26-30-36-43-50-57-64-77(6)7)73-98-102(90,91)96-69-78(85)70-97-103(92,93)99-74-80(72-95-82(87)66-59-52-45-38-31-24-21-20-23-29-35-42-49-56-63-76(4)5)101-83(88)67-60-53-46-39-32-25-19-17-15-14-16-18-22-28-34-41-48-55-62-75(2)3/h75-80,85H,8-74H2,1-7H3,(H,90,91)(H,92,93)/t78-,79+,80+/m0/s1. The van der Waals surface area contributed by atoms with E-state index in [4.69, 9.17) is 37.0 Å². The van der Waals surface area contributed by atoms with Crippen LogP contribution in [0.2, 0.25) is 0 Å². The molecule has 0 aromatic heterocycles. The van der Waals surface area contributed by atoms with E-state index in [2.05, 4.69) is 48.5 Å². The average molecular weight is 1510 g/mol. The summed E-state index contributed by atoms with van der Waals surface area (Å²) in [6.07, 6.45) is 63.8. The van der Waals surface area contributed by atoms with Crippen molar-refractivity contribution in [2.24, 2.45) is 17.8 Å². The minimum atomic E-state index is -4.96. The van der Waals surface area contributed by atoms with E-state index in [0.717, 1.165) is 108 Å². The Morgan fingerprint density at radius 1 is 0.262 bits per heavy atom. The van der Waals surface area contributed by atoms with Crippen molar-refractivity contribution in [3.63, 3.8) is 0 Å². The second kappa shape index (κ2) is 74.2. The zero-order valence-electron chi connectivity index (χ0n) is 67.8. The number of aliphatic hydroxyl groups is 1. The Morgan fingerprint density at radius 3 is 0.660 bits per heavy atom. The van der Waals surface area contributed by atoms with E-state index in [-0.39, 0.29) is 25.7 Å². The lowest BCUT2D eigenvalue weighted by atomic mass is 10.0. The molecule has 0 saturated heterocycles. The number of carbonyl (C=O) groups excluding carboxylic acids is 4. The second-order valence-corrected chi connectivity index (χ2v) is 34.6. The third-order valence-corrected chi connectivity index (χ3v) is 21.5. The molecule has 3 N–H and O–H groups in total. The summed E-state index contributed by atoms with van der Waals surface area (Å²) in [4.78, 5) is 73.1. The molecule has 0 aliphatic heterocycles. The summed E-state index contributed by atoms with van der Waals surface area (Å²) in [7, 11) is -9.92. The fourth-order valence-corrected chi connectivity index (χ4v) is 14.6. The predicted octanol–water partition coefficient (Wildman–Crippen LogP) is 25.3. The lowest BCUT2D eigenvalue weighted by Gasteiger charge is -2.21. The van der Waals surface area contributed by atoms with Gasteiger partial charge in [0.25, 0.3) is 0 Å². The Kier molecular flexibility index (Phi) is 72.8. The van der Waals surface area contributed by atoms with E-state index in [9.17, 15) is 43.2 Å². The predicted molar refractivity (Wildman–Crippen MR) is 423 cm³/mol. The third-order valence-electron chi connectivity index (χ3n) is 19.6. The number of hydrogen-bond donors (Lipinski definition) is 3. The van der Waals surface area contributed by atoms with Crippen molar-refractivity contribution in [1.82, 2.24) is 0 Å². The fraction of sp³-hybridized carbons (Fsp3) is 0.952. The Morgan fingerprint density at radius 2 is 0.447 bits per heavy atom. The van der Waals surface area contributed by atoms with Gasteiger partial charge in [-0.2, -0.15) is 0 Å². The first-order chi connectivity index (χ1) is 49.7. The van der Waals surface area contributed by atoms with Crippen LogP contribution in [0, 0.1) is 17.8 Å². The largest absolute Gasteiger partial charge is 0.472 e. The van der Waals surface area contributed by atoms with Gasteiger partial charge >= 0.3 is 39.5 Å².